The topological polar surface area (TPSA) is 72.5 Å². The summed E-state index contributed by atoms with van der Waals surface area (Å²) in [5, 5.41) is 9.86. The molecule has 0 aromatic heterocycles. The molecule has 1 aromatic carbocycles. The molecule has 0 radical (unpaired) electrons. The molecule has 0 bridgehead atoms. The molecule has 90 valence electrons. The zero-order chi connectivity index (χ0) is 12.7. The van der Waals surface area contributed by atoms with Crippen LogP contribution in [0.4, 0.5) is 0 Å². The quantitative estimate of drug-likeness (QED) is 0.607. The Hall–Kier alpha value is -1.99. The Morgan fingerprint density at radius 2 is 2.29 bits per heavy atom. The molecule has 0 aliphatic rings. The first kappa shape index (κ1) is 13.1. The standard InChI is InChI=1S/C13H15NO3/c1-2-17-12-8-10(9-15)7-11(13(12)16)5-3-4-6-14/h7-9,16H,2,4,6,14H2,1H3. The minimum absolute atomic E-state index is 0.0398. The fraction of sp³-hybridized carbons (Fsp3) is 0.308. The van der Waals surface area contributed by atoms with Crippen molar-refractivity contribution >= 4 is 6.29 Å². The summed E-state index contributed by atoms with van der Waals surface area (Å²) in [6.45, 7) is 2.66. The first-order chi connectivity index (χ1) is 8.22. The number of benzene rings is 1. The van der Waals surface area contributed by atoms with Gasteiger partial charge in [0, 0.05) is 18.5 Å². The number of aromatic hydroxyl groups is 1. The molecule has 4 nitrogen and oxygen atoms in total. The van der Waals surface area contributed by atoms with Gasteiger partial charge in [0.05, 0.1) is 12.2 Å². The fourth-order valence-corrected chi connectivity index (χ4v) is 1.29. The Labute approximate surface area is 100 Å². The summed E-state index contributed by atoms with van der Waals surface area (Å²) in [5.74, 6) is 5.81. The van der Waals surface area contributed by atoms with Crippen molar-refractivity contribution in [2.75, 3.05) is 13.2 Å². The van der Waals surface area contributed by atoms with Gasteiger partial charge in [0.2, 0.25) is 0 Å². The van der Waals surface area contributed by atoms with Gasteiger partial charge in [0.15, 0.2) is 11.5 Å². The molecule has 17 heavy (non-hydrogen) atoms. The minimum atomic E-state index is -0.0398. The van der Waals surface area contributed by atoms with Crippen LogP contribution in [0.3, 0.4) is 0 Å². The number of carbonyl (C=O) groups is 1. The van der Waals surface area contributed by atoms with Crippen LogP contribution in [0.15, 0.2) is 12.1 Å². The Kier molecular flexibility index (Phi) is 5.05. The highest BCUT2D eigenvalue weighted by Crippen LogP contribution is 2.30. The Morgan fingerprint density at radius 3 is 2.88 bits per heavy atom. The molecule has 0 amide bonds. The summed E-state index contributed by atoms with van der Waals surface area (Å²) < 4.78 is 5.22. The van der Waals surface area contributed by atoms with E-state index in [0.717, 1.165) is 0 Å². The van der Waals surface area contributed by atoms with Crippen LogP contribution >= 0.6 is 0 Å². The number of nitrogens with two attached hydrogens (primary N) is 1. The molecule has 0 aliphatic heterocycles. The van der Waals surface area contributed by atoms with E-state index < -0.39 is 0 Å². The van der Waals surface area contributed by atoms with E-state index in [4.69, 9.17) is 10.5 Å². The number of phenolic OH excluding ortho intramolecular Hbond substituents is 1. The minimum Gasteiger partial charge on any atom is -0.503 e. The van der Waals surface area contributed by atoms with E-state index in [1.165, 1.54) is 12.1 Å². The van der Waals surface area contributed by atoms with Crippen LogP contribution in [0.25, 0.3) is 0 Å². The number of hydrogen-bond acceptors (Lipinski definition) is 4. The normalized spacial score (nSPS) is 9.29. The number of phenols is 1. The summed E-state index contributed by atoms with van der Waals surface area (Å²) in [7, 11) is 0. The van der Waals surface area contributed by atoms with Crippen LogP contribution in [0.5, 0.6) is 11.5 Å². The van der Waals surface area contributed by atoms with E-state index in [9.17, 15) is 9.90 Å². The third-order valence-corrected chi connectivity index (χ3v) is 2.03. The lowest BCUT2D eigenvalue weighted by Gasteiger charge is -2.08. The van der Waals surface area contributed by atoms with E-state index in [0.29, 0.717) is 37.0 Å². The lowest BCUT2D eigenvalue weighted by Crippen LogP contribution is -1.96. The predicted octanol–water partition coefficient (Wildman–Crippen LogP) is 1.30. The molecular weight excluding hydrogens is 218 g/mol. The van der Waals surface area contributed by atoms with Gasteiger partial charge in [-0.25, -0.2) is 0 Å². The van der Waals surface area contributed by atoms with Gasteiger partial charge in [-0.2, -0.15) is 0 Å². The first-order valence-electron chi connectivity index (χ1n) is 5.36. The van der Waals surface area contributed by atoms with E-state index in [-0.39, 0.29) is 11.5 Å². The highest BCUT2D eigenvalue weighted by Gasteiger charge is 2.09. The molecule has 0 spiro atoms. The maximum Gasteiger partial charge on any atom is 0.173 e. The lowest BCUT2D eigenvalue weighted by molar-refractivity contribution is 0.112. The second kappa shape index (κ2) is 6.56. The number of ether oxygens (including phenoxy) is 1. The van der Waals surface area contributed by atoms with Crippen LogP contribution in [0, 0.1) is 11.8 Å². The van der Waals surface area contributed by atoms with Crippen molar-refractivity contribution in [1.29, 1.82) is 0 Å². The van der Waals surface area contributed by atoms with Gasteiger partial charge in [-0.1, -0.05) is 11.8 Å². The van der Waals surface area contributed by atoms with Crippen LogP contribution in [-0.2, 0) is 0 Å². The molecule has 0 fully saturated rings. The summed E-state index contributed by atoms with van der Waals surface area (Å²) in [6.07, 6.45) is 1.23. The molecule has 0 aliphatic carbocycles. The molecular formula is C13H15NO3. The number of hydrogen-bond donors (Lipinski definition) is 2. The smallest absolute Gasteiger partial charge is 0.173 e. The van der Waals surface area contributed by atoms with Gasteiger partial charge in [0.1, 0.15) is 6.29 Å². The third kappa shape index (κ3) is 3.51. The fourth-order valence-electron chi connectivity index (χ4n) is 1.29. The Balaban J connectivity index is 3.15. The monoisotopic (exact) mass is 233 g/mol. The first-order valence-corrected chi connectivity index (χ1v) is 5.36. The van der Waals surface area contributed by atoms with E-state index >= 15 is 0 Å². The predicted molar refractivity (Wildman–Crippen MR) is 65.2 cm³/mol. The van der Waals surface area contributed by atoms with Gasteiger partial charge in [-0.3, -0.25) is 4.79 Å². The van der Waals surface area contributed by atoms with Crippen molar-refractivity contribution < 1.29 is 14.6 Å². The van der Waals surface area contributed by atoms with Gasteiger partial charge < -0.3 is 15.6 Å². The summed E-state index contributed by atoms with van der Waals surface area (Å²) in [4.78, 5) is 10.8. The maximum absolute atomic E-state index is 10.8. The van der Waals surface area contributed by atoms with E-state index in [2.05, 4.69) is 11.8 Å². The average molecular weight is 233 g/mol. The van der Waals surface area contributed by atoms with Gasteiger partial charge >= 0.3 is 0 Å². The molecule has 0 atom stereocenters. The third-order valence-electron chi connectivity index (χ3n) is 2.03. The van der Waals surface area contributed by atoms with Crippen molar-refractivity contribution in [3.8, 4) is 23.3 Å². The van der Waals surface area contributed by atoms with Gasteiger partial charge in [0.25, 0.3) is 0 Å². The summed E-state index contributed by atoms with van der Waals surface area (Å²) in [5.41, 5.74) is 6.12. The lowest BCUT2D eigenvalue weighted by atomic mass is 10.1. The highest BCUT2D eigenvalue weighted by molar-refractivity contribution is 5.78. The SMILES string of the molecule is CCOc1cc(C=O)cc(C#CCCN)c1O. The molecule has 0 unspecified atom stereocenters. The van der Waals surface area contributed by atoms with Crippen LogP contribution in [-0.4, -0.2) is 24.5 Å². The van der Waals surface area contributed by atoms with E-state index in [1.807, 2.05) is 0 Å². The van der Waals surface area contributed by atoms with Gasteiger partial charge in [-0.15, -0.1) is 0 Å². The highest BCUT2D eigenvalue weighted by atomic mass is 16.5. The van der Waals surface area contributed by atoms with Crippen molar-refractivity contribution in [1.82, 2.24) is 0 Å². The molecule has 3 N–H and O–H groups in total. The molecule has 0 saturated heterocycles. The summed E-state index contributed by atoms with van der Waals surface area (Å²) >= 11 is 0. The molecule has 4 heteroatoms. The second-order valence-electron chi connectivity index (χ2n) is 3.31. The summed E-state index contributed by atoms with van der Waals surface area (Å²) in [6, 6.07) is 3.01. The second-order valence-corrected chi connectivity index (χ2v) is 3.31. The van der Waals surface area contributed by atoms with Gasteiger partial charge in [-0.05, 0) is 19.1 Å². The molecule has 0 heterocycles. The Bertz CT molecular complexity index is 458. The number of aldehydes is 1. The zero-order valence-electron chi connectivity index (χ0n) is 9.69. The van der Waals surface area contributed by atoms with Crippen molar-refractivity contribution in [2.45, 2.75) is 13.3 Å². The molecule has 1 rings (SSSR count). The van der Waals surface area contributed by atoms with Crippen molar-refractivity contribution in [2.24, 2.45) is 5.73 Å². The maximum atomic E-state index is 10.8. The molecule has 1 aromatic rings. The van der Waals surface area contributed by atoms with Crippen LogP contribution < -0.4 is 10.5 Å². The zero-order valence-corrected chi connectivity index (χ0v) is 9.69. The number of rotatable bonds is 4. The largest absolute Gasteiger partial charge is 0.503 e. The molecule has 0 saturated carbocycles. The number of carbonyl (C=O) groups excluding carboxylic acids is 1. The average Bonchev–Trinajstić information content (AvgIpc) is 2.34. The van der Waals surface area contributed by atoms with Crippen LogP contribution in [0.1, 0.15) is 29.3 Å². The van der Waals surface area contributed by atoms with E-state index in [1.54, 1.807) is 6.92 Å². The van der Waals surface area contributed by atoms with Crippen molar-refractivity contribution in [3.05, 3.63) is 23.3 Å². The Morgan fingerprint density at radius 1 is 1.53 bits per heavy atom. The van der Waals surface area contributed by atoms with Crippen molar-refractivity contribution in [3.63, 3.8) is 0 Å². The van der Waals surface area contributed by atoms with Crippen LogP contribution in [0.2, 0.25) is 0 Å².